The Morgan fingerprint density at radius 3 is 1.67 bits per heavy atom. The summed E-state index contributed by atoms with van der Waals surface area (Å²) in [6, 6.07) is 0. The minimum atomic E-state index is -4.39. The molecule has 0 fully saturated rings. The number of nitrogens with two attached hydrogens (primary N) is 1. The fourth-order valence-electron chi connectivity index (χ4n) is 5.13. The molecule has 0 aliphatic rings. The van der Waals surface area contributed by atoms with E-state index in [9.17, 15) is 19.0 Å². The summed E-state index contributed by atoms with van der Waals surface area (Å²) in [5.74, 6) is -0.885. The van der Waals surface area contributed by atoms with Crippen LogP contribution in [0.1, 0.15) is 155 Å². The van der Waals surface area contributed by atoms with Crippen LogP contribution in [-0.2, 0) is 32.7 Å². The van der Waals surface area contributed by atoms with Crippen LogP contribution in [0.3, 0.4) is 0 Å². The zero-order valence-electron chi connectivity index (χ0n) is 31.9. The van der Waals surface area contributed by atoms with Gasteiger partial charge in [-0.1, -0.05) is 132 Å². The number of phosphoric ester groups is 1. The van der Waals surface area contributed by atoms with Crippen LogP contribution in [0, 0.1) is 0 Å². The summed E-state index contributed by atoms with van der Waals surface area (Å²) in [4.78, 5) is 34.7. The molecular formula is C41H72NO8P. The number of carbonyl (C=O) groups is 2. The number of hydrogen-bond acceptors (Lipinski definition) is 8. The van der Waals surface area contributed by atoms with Crippen LogP contribution >= 0.6 is 7.82 Å². The van der Waals surface area contributed by atoms with Crippen LogP contribution in [0.15, 0.2) is 61.3 Å². The topological polar surface area (TPSA) is 134 Å². The molecule has 51 heavy (non-hydrogen) atoms. The van der Waals surface area contributed by atoms with E-state index in [0.717, 1.165) is 64.2 Å². The standard InChI is InChI=1S/C41H72NO8P/c1-3-5-7-9-11-13-15-17-19-21-23-25-27-29-31-33-40(43)47-37-39(38-49-51(45,46)48-36-35-42)50-41(44)34-32-30-28-26-24-22-20-18-16-14-12-10-8-6-4-2/h3,6,8,12,14,18,20,24,26,39H,1,4-5,7,9-11,13,15-17,19,21-23,25,27-38,42H2,2H3,(H,45,46)/b8-6+,14-12+,20-18+,26-24+/t39-/m1/s1. The summed E-state index contributed by atoms with van der Waals surface area (Å²) >= 11 is 0. The summed E-state index contributed by atoms with van der Waals surface area (Å²) in [5, 5.41) is 0. The molecule has 0 aromatic carbocycles. The Kier molecular flexibility index (Phi) is 35.8. The summed E-state index contributed by atoms with van der Waals surface area (Å²) in [7, 11) is -4.39. The highest BCUT2D eigenvalue weighted by molar-refractivity contribution is 7.47. The highest BCUT2D eigenvalue weighted by Gasteiger charge is 2.25. The average Bonchev–Trinajstić information content (AvgIpc) is 3.11. The van der Waals surface area contributed by atoms with Gasteiger partial charge in [-0.05, 0) is 64.2 Å². The Bertz CT molecular complexity index is 1010. The van der Waals surface area contributed by atoms with Gasteiger partial charge in [-0.25, -0.2) is 4.57 Å². The summed E-state index contributed by atoms with van der Waals surface area (Å²) in [6.07, 6.45) is 41.5. The van der Waals surface area contributed by atoms with Crippen molar-refractivity contribution in [2.24, 2.45) is 5.73 Å². The Labute approximate surface area is 310 Å². The molecule has 0 rings (SSSR count). The zero-order valence-corrected chi connectivity index (χ0v) is 32.8. The Morgan fingerprint density at radius 2 is 1.12 bits per heavy atom. The molecule has 0 aliphatic carbocycles. The second-order valence-corrected chi connectivity index (χ2v) is 14.3. The Balaban J connectivity index is 4.26. The largest absolute Gasteiger partial charge is 0.472 e. The lowest BCUT2D eigenvalue weighted by molar-refractivity contribution is -0.161. The van der Waals surface area contributed by atoms with Crippen molar-refractivity contribution < 1.29 is 37.6 Å². The van der Waals surface area contributed by atoms with Crippen molar-refractivity contribution in [3.05, 3.63) is 61.3 Å². The number of carbonyl (C=O) groups excluding carboxylic acids is 2. The molecule has 2 atom stereocenters. The lowest BCUT2D eigenvalue weighted by Crippen LogP contribution is -2.29. The normalized spacial score (nSPS) is 13.8. The SMILES string of the molecule is C=CCCCCCCCCCCCCCCCC(=O)OC[C@H](COP(=O)(O)OCCN)OC(=O)CCCC/C=C/C/C=C/C/C=C/C/C=C/CC. The molecule has 0 radical (unpaired) electrons. The third-order valence-electron chi connectivity index (χ3n) is 8.03. The van der Waals surface area contributed by atoms with Gasteiger partial charge >= 0.3 is 19.8 Å². The van der Waals surface area contributed by atoms with E-state index in [1.807, 2.05) is 6.08 Å². The number of phosphoric acid groups is 1. The summed E-state index contributed by atoms with van der Waals surface area (Å²) < 4.78 is 32.6. The van der Waals surface area contributed by atoms with Gasteiger partial charge in [0.1, 0.15) is 6.61 Å². The molecule has 0 spiro atoms. The number of unbranched alkanes of at least 4 members (excludes halogenated alkanes) is 15. The van der Waals surface area contributed by atoms with Gasteiger partial charge in [-0.15, -0.1) is 6.58 Å². The Morgan fingerprint density at radius 1 is 0.647 bits per heavy atom. The molecule has 0 aliphatic heterocycles. The maximum Gasteiger partial charge on any atom is 0.472 e. The summed E-state index contributed by atoms with van der Waals surface area (Å²) in [6.45, 7) is 5.06. The van der Waals surface area contributed by atoms with E-state index in [1.165, 1.54) is 64.2 Å². The maximum absolute atomic E-state index is 12.5. The van der Waals surface area contributed by atoms with Crippen molar-refractivity contribution in [3.63, 3.8) is 0 Å². The summed E-state index contributed by atoms with van der Waals surface area (Å²) in [5.41, 5.74) is 5.33. The van der Waals surface area contributed by atoms with Crippen LogP contribution in [-0.4, -0.2) is 49.3 Å². The highest BCUT2D eigenvalue weighted by Crippen LogP contribution is 2.43. The maximum atomic E-state index is 12.5. The molecule has 0 saturated carbocycles. The van der Waals surface area contributed by atoms with Crippen LogP contribution in [0.4, 0.5) is 0 Å². The van der Waals surface area contributed by atoms with Crippen molar-refractivity contribution in [2.45, 2.75) is 161 Å². The van der Waals surface area contributed by atoms with Gasteiger partial charge in [-0.2, -0.15) is 0 Å². The second kappa shape index (κ2) is 37.5. The van der Waals surface area contributed by atoms with Crippen LogP contribution in [0.25, 0.3) is 0 Å². The van der Waals surface area contributed by atoms with E-state index in [1.54, 1.807) is 0 Å². The van der Waals surface area contributed by atoms with Gasteiger partial charge in [-0.3, -0.25) is 18.6 Å². The molecule has 0 bridgehead atoms. The van der Waals surface area contributed by atoms with Crippen molar-refractivity contribution in [2.75, 3.05) is 26.4 Å². The predicted molar refractivity (Wildman–Crippen MR) is 210 cm³/mol. The fraction of sp³-hybridized carbons (Fsp3) is 0.707. The minimum absolute atomic E-state index is 0.0437. The monoisotopic (exact) mass is 737 g/mol. The highest BCUT2D eigenvalue weighted by atomic mass is 31.2. The molecule has 9 nitrogen and oxygen atoms in total. The molecule has 10 heteroatoms. The van der Waals surface area contributed by atoms with Gasteiger partial charge < -0.3 is 20.1 Å². The van der Waals surface area contributed by atoms with Gasteiger partial charge in [0.2, 0.25) is 0 Å². The van der Waals surface area contributed by atoms with Gasteiger partial charge in [0.15, 0.2) is 6.10 Å². The van der Waals surface area contributed by atoms with E-state index >= 15 is 0 Å². The molecule has 0 saturated heterocycles. The number of allylic oxidation sites excluding steroid dienone is 9. The van der Waals surface area contributed by atoms with E-state index < -0.39 is 32.5 Å². The van der Waals surface area contributed by atoms with Crippen molar-refractivity contribution in [3.8, 4) is 0 Å². The third-order valence-corrected chi connectivity index (χ3v) is 9.02. The predicted octanol–water partition coefficient (Wildman–Crippen LogP) is 10.9. The van der Waals surface area contributed by atoms with Crippen molar-refractivity contribution in [1.29, 1.82) is 0 Å². The molecule has 294 valence electrons. The number of rotatable bonds is 37. The zero-order chi connectivity index (χ0) is 37.5. The number of esters is 2. The van der Waals surface area contributed by atoms with E-state index in [0.29, 0.717) is 6.42 Å². The first-order valence-electron chi connectivity index (χ1n) is 19.7. The first kappa shape index (κ1) is 48.7. The Hall–Kier alpha value is -2.29. The first-order valence-corrected chi connectivity index (χ1v) is 21.2. The van der Waals surface area contributed by atoms with Gasteiger partial charge in [0.25, 0.3) is 0 Å². The van der Waals surface area contributed by atoms with E-state index in [-0.39, 0.29) is 32.6 Å². The van der Waals surface area contributed by atoms with Gasteiger partial charge in [0.05, 0.1) is 13.2 Å². The molecule has 0 aromatic heterocycles. The molecule has 0 amide bonds. The minimum Gasteiger partial charge on any atom is -0.462 e. The smallest absolute Gasteiger partial charge is 0.462 e. The average molecular weight is 738 g/mol. The van der Waals surface area contributed by atoms with E-state index in [4.69, 9.17) is 24.3 Å². The van der Waals surface area contributed by atoms with Crippen molar-refractivity contribution >= 4 is 19.8 Å². The third kappa shape index (κ3) is 37.3. The van der Waals surface area contributed by atoms with Crippen LogP contribution < -0.4 is 5.73 Å². The van der Waals surface area contributed by atoms with Crippen LogP contribution in [0.5, 0.6) is 0 Å². The van der Waals surface area contributed by atoms with Crippen molar-refractivity contribution in [1.82, 2.24) is 0 Å². The molecule has 0 heterocycles. The number of hydrogen-bond donors (Lipinski definition) is 2. The fourth-order valence-corrected chi connectivity index (χ4v) is 5.90. The molecule has 3 N–H and O–H groups in total. The number of ether oxygens (including phenoxy) is 2. The van der Waals surface area contributed by atoms with E-state index in [2.05, 4.69) is 62.1 Å². The molecule has 0 aromatic rings. The second-order valence-electron chi connectivity index (χ2n) is 12.9. The molecular weight excluding hydrogens is 665 g/mol. The van der Waals surface area contributed by atoms with Gasteiger partial charge in [0, 0.05) is 19.4 Å². The van der Waals surface area contributed by atoms with Crippen LogP contribution in [0.2, 0.25) is 0 Å². The lowest BCUT2D eigenvalue weighted by atomic mass is 10.0. The quantitative estimate of drug-likeness (QED) is 0.0276. The first-order chi connectivity index (χ1) is 24.8. The lowest BCUT2D eigenvalue weighted by Gasteiger charge is -2.19. The molecule has 1 unspecified atom stereocenters.